The Kier molecular flexibility index (Phi) is 5.07. The molecule has 2 aliphatic rings. The van der Waals surface area contributed by atoms with E-state index in [-0.39, 0.29) is 23.5 Å². The van der Waals surface area contributed by atoms with Gasteiger partial charge in [-0.25, -0.2) is 8.42 Å². The summed E-state index contributed by atoms with van der Waals surface area (Å²) < 4.78 is 23.3. The molecular formula is C14H26N2O3S. The molecule has 0 unspecified atom stereocenters. The Bertz CT molecular complexity index is 449. The lowest BCUT2D eigenvalue weighted by atomic mass is 10.0. The van der Waals surface area contributed by atoms with Crippen LogP contribution < -0.4 is 0 Å². The first-order valence-corrected chi connectivity index (χ1v) is 9.54. The van der Waals surface area contributed by atoms with Crippen molar-refractivity contribution in [2.24, 2.45) is 0 Å². The smallest absolute Gasteiger partial charge is 0.238 e. The fourth-order valence-corrected chi connectivity index (χ4v) is 4.30. The van der Waals surface area contributed by atoms with Crippen molar-refractivity contribution in [1.29, 1.82) is 0 Å². The van der Waals surface area contributed by atoms with Crippen LogP contribution in [0, 0.1) is 0 Å². The van der Waals surface area contributed by atoms with Gasteiger partial charge in [0.25, 0.3) is 0 Å². The number of nitrogens with zero attached hydrogens (tertiary/aromatic N) is 2. The molecule has 0 bridgehead atoms. The van der Waals surface area contributed by atoms with Crippen molar-refractivity contribution >= 4 is 15.7 Å². The van der Waals surface area contributed by atoms with Crippen LogP contribution in [0.5, 0.6) is 0 Å². The van der Waals surface area contributed by atoms with E-state index in [2.05, 4.69) is 11.8 Å². The summed E-state index contributed by atoms with van der Waals surface area (Å²) in [7, 11) is -3.23. The molecule has 2 saturated heterocycles. The first-order valence-electron chi connectivity index (χ1n) is 7.72. The van der Waals surface area contributed by atoms with Crippen molar-refractivity contribution in [3.63, 3.8) is 0 Å². The zero-order valence-electron chi connectivity index (χ0n) is 12.5. The van der Waals surface area contributed by atoms with Crippen molar-refractivity contribution in [1.82, 2.24) is 9.80 Å². The largest absolute Gasteiger partial charge is 0.337 e. The molecule has 2 atom stereocenters. The second-order valence-corrected chi connectivity index (χ2v) is 8.16. The van der Waals surface area contributed by atoms with Crippen LogP contribution in [-0.2, 0) is 14.6 Å². The van der Waals surface area contributed by atoms with Crippen molar-refractivity contribution in [3.05, 3.63) is 0 Å². The fourth-order valence-electron chi connectivity index (χ4n) is 3.56. The van der Waals surface area contributed by atoms with Crippen LogP contribution in [0.3, 0.4) is 0 Å². The molecule has 2 rings (SSSR count). The number of likely N-dealkylation sites (N-methyl/N-ethyl adjacent to an activating group) is 1. The summed E-state index contributed by atoms with van der Waals surface area (Å²) in [5.74, 6) is -0.474. The summed E-state index contributed by atoms with van der Waals surface area (Å²) in [6.45, 7) is 6.58. The van der Waals surface area contributed by atoms with Crippen LogP contribution >= 0.6 is 0 Å². The first-order chi connectivity index (χ1) is 9.48. The Labute approximate surface area is 122 Å². The quantitative estimate of drug-likeness (QED) is 0.757. The van der Waals surface area contributed by atoms with E-state index in [4.69, 9.17) is 0 Å². The highest BCUT2D eigenvalue weighted by Crippen LogP contribution is 2.29. The minimum Gasteiger partial charge on any atom is -0.337 e. The number of rotatable bonds is 5. The zero-order chi connectivity index (χ0) is 14.8. The molecule has 5 nitrogen and oxygen atoms in total. The highest BCUT2D eigenvalue weighted by molar-refractivity contribution is 7.92. The minimum atomic E-state index is -3.23. The van der Waals surface area contributed by atoms with Gasteiger partial charge in [-0.1, -0.05) is 13.8 Å². The Hall–Kier alpha value is -0.620. The molecule has 0 aromatic rings. The van der Waals surface area contributed by atoms with Crippen LogP contribution in [0.2, 0.25) is 0 Å². The highest BCUT2D eigenvalue weighted by Gasteiger charge is 2.39. The van der Waals surface area contributed by atoms with Gasteiger partial charge < -0.3 is 4.90 Å². The molecule has 0 radical (unpaired) electrons. The van der Waals surface area contributed by atoms with Gasteiger partial charge in [0.1, 0.15) is 5.75 Å². The van der Waals surface area contributed by atoms with E-state index in [9.17, 15) is 13.2 Å². The molecule has 0 N–H and O–H groups in total. The number of carbonyl (C=O) groups is 1. The van der Waals surface area contributed by atoms with Gasteiger partial charge in [0.05, 0.1) is 0 Å². The maximum atomic E-state index is 12.3. The topological polar surface area (TPSA) is 57.7 Å². The third-order valence-electron chi connectivity index (χ3n) is 4.67. The molecule has 0 aromatic heterocycles. The normalized spacial score (nSPS) is 28.2. The Balaban J connectivity index is 2.05. The number of carbonyl (C=O) groups excluding carboxylic acids is 1. The average molecular weight is 302 g/mol. The molecule has 0 saturated carbocycles. The van der Waals surface area contributed by atoms with Gasteiger partial charge in [0, 0.05) is 24.4 Å². The van der Waals surface area contributed by atoms with Crippen molar-refractivity contribution in [3.8, 4) is 0 Å². The molecule has 20 heavy (non-hydrogen) atoms. The predicted octanol–water partition coefficient (Wildman–Crippen LogP) is 0.896. The molecule has 2 fully saturated rings. The number of likely N-dealkylation sites (tertiary alicyclic amines) is 2. The SMILES string of the molecule is CCN1CCC[C@H]1[C@@H]1CCCN1C(=O)CS(=O)(=O)CC. The van der Waals surface area contributed by atoms with Crippen LogP contribution in [0.4, 0.5) is 0 Å². The van der Waals surface area contributed by atoms with E-state index in [1.54, 1.807) is 6.92 Å². The lowest BCUT2D eigenvalue weighted by Crippen LogP contribution is -2.49. The molecule has 1 amide bonds. The Morgan fingerprint density at radius 1 is 1.10 bits per heavy atom. The van der Waals surface area contributed by atoms with Gasteiger partial charge in [0.15, 0.2) is 9.84 Å². The van der Waals surface area contributed by atoms with Crippen LogP contribution in [0.25, 0.3) is 0 Å². The third-order valence-corrected chi connectivity index (χ3v) is 6.23. The van der Waals surface area contributed by atoms with Crippen molar-refractivity contribution in [2.75, 3.05) is 31.1 Å². The lowest BCUT2D eigenvalue weighted by Gasteiger charge is -2.34. The van der Waals surface area contributed by atoms with Gasteiger partial charge in [-0.3, -0.25) is 9.69 Å². The maximum Gasteiger partial charge on any atom is 0.238 e. The molecule has 0 aromatic carbocycles. The lowest BCUT2D eigenvalue weighted by molar-refractivity contribution is -0.130. The Morgan fingerprint density at radius 3 is 2.40 bits per heavy atom. The number of hydrogen-bond acceptors (Lipinski definition) is 4. The fraction of sp³-hybridized carbons (Fsp3) is 0.929. The summed E-state index contributed by atoms with van der Waals surface area (Å²) in [6.07, 6.45) is 4.32. The van der Waals surface area contributed by atoms with Crippen molar-refractivity contribution in [2.45, 2.75) is 51.6 Å². The highest BCUT2D eigenvalue weighted by atomic mass is 32.2. The minimum absolute atomic E-state index is 0.0434. The second kappa shape index (κ2) is 6.43. The van der Waals surface area contributed by atoms with Crippen LogP contribution in [0.15, 0.2) is 0 Å². The summed E-state index contributed by atoms with van der Waals surface area (Å²) in [5.41, 5.74) is 0. The molecule has 2 heterocycles. The van der Waals surface area contributed by atoms with E-state index in [0.29, 0.717) is 6.04 Å². The standard InChI is InChI=1S/C14H26N2O3S/c1-3-15-9-5-7-12(15)13-8-6-10-16(13)14(17)11-20(18,19)4-2/h12-13H,3-11H2,1-2H3/t12-,13-/m0/s1. The van der Waals surface area contributed by atoms with Gasteiger partial charge >= 0.3 is 0 Å². The third kappa shape index (κ3) is 3.34. The van der Waals surface area contributed by atoms with E-state index in [0.717, 1.165) is 38.9 Å². The molecule has 116 valence electrons. The van der Waals surface area contributed by atoms with E-state index in [1.807, 2.05) is 4.90 Å². The van der Waals surface area contributed by atoms with Crippen molar-refractivity contribution < 1.29 is 13.2 Å². The molecular weight excluding hydrogens is 276 g/mol. The summed E-state index contributed by atoms with van der Waals surface area (Å²) in [4.78, 5) is 16.6. The van der Waals surface area contributed by atoms with E-state index in [1.165, 1.54) is 6.42 Å². The number of amides is 1. The van der Waals surface area contributed by atoms with Gasteiger partial charge in [-0.05, 0) is 38.8 Å². The Morgan fingerprint density at radius 2 is 1.75 bits per heavy atom. The average Bonchev–Trinajstić information content (AvgIpc) is 3.05. The van der Waals surface area contributed by atoms with Gasteiger partial charge in [0.2, 0.25) is 5.91 Å². The number of sulfone groups is 1. The summed E-state index contributed by atoms with van der Waals surface area (Å²) in [6, 6.07) is 0.646. The maximum absolute atomic E-state index is 12.3. The molecule has 6 heteroatoms. The molecule has 0 spiro atoms. The van der Waals surface area contributed by atoms with E-state index >= 15 is 0 Å². The predicted molar refractivity (Wildman–Crippen MR) is 79.3 cm³/mol. The van der Waals surface area contributed by atoms with Crippen LogP contribution in [0.1, 0.15) is 39.5 Å². The van der Waals surface area contributed by atoms with Gasteiger partial charge in [-0.2, -0.15) is 0 Å². The van der Waals surface area contributed by atoms with Gasteiger partial charge in [-0.15, -0.1) is 0 Å². The molecule has 0 aliphatic carbocycles. The van der Waals surface area contributed by atoms with E-state index < -0.39 is 9.84 Å². The zero-order valence-corrected chi connectivity index (χ0v) is 13.4. The summed E-state index contributed by atoms with van der Waals surface area (Å²) >= 11 is 0. The monoisotopic (exact) mass is 302 g/mol. The second-order valence-electron chi connectivity index (χ2n) is 5.81. The number of hydrogen-bond donors (Lipinski definition) is 0. The first kappa shape index (κ1) is 15.8. The molecule has 2 aliphatic heterocycles. The van der Waals surface area contributed by atoms with Crippen LogP contribution in [-0.4, -0.2) is 67.3 Å². The summed E-state index contributed by atoms with van der Waals surface area (Å²) in [5, 5.41) is 0.